The van der Waals surface area contributed by atoms with Gasteiger partial charge < -0.3 is 4.90 Å². The lowest BCUT2D eigenvalue weighted by Gasteiger charge is -2.34. The monoisotopic (exact) mass is 364 g/mol. The molecule has 5 rings (SSSR count). The lowest BCUT2D eigenvalue weighted by atomic mass is 9.94. The van der Waals surface area contributed by atoms with Gasteiger partial charge in [-0.05, 0) is 71.3 Å². The molecule has 3 aromatic carbocycles. The number of carbonyl (C=O) groups is 1. The van der Waals surface area contributed by atoms with Crippen molar-refractivity contribution < 1.29 is 4.79 Å². The van der Waals surface area contributed by atoms with Crippen molar-refractivity contribution in [3.05, 3.63) is 95.1 Å². The molecule has 136 valence electrons. The van der Waals surface area contributed by atoms with Crippen molar-refractivity contribution in [2.45, 2.75) is 24.8 Å². The van der Waals surface area contributed by atoms with Gasteiger partial charge in [0.25, 0.3) is 5.91 Å². The number of carbonyl (C=O) groups excluding carboxylic acids is 1. The minimum Gasteiger partial charge on any atom is -0.332 e. The van der Waals surface area contributed by atoms with Crippen LogP contribution in [-0.2, 0) is 0 Å². The predicted molar refractivity (Wildman–Crippen MR) is 109 cm³/mol. The first-order chi connectivity index (χ1) is 13.7. The Hall–Kier alpha value is -3.38. The number of fused-ring (bicyclic) bond motifs is 5. The van der Waals surface area contributed by atoms with E-state index in [-0.39, 0.29) is 11.9 Å². The van der Waals surface area contributed by atoms with E-state index in [1.807, 2.05) is 11.0 Å². The summed E-state index contributed by atoms with van der Waals surface area (Å²) >= 11 is 0. The SMILES string of the molecule is N#Cc1ccc(C(=O)N2CCC3C[C@@H]2c2cc(-c4ccccc4)ccc23)cc1. The van der Waals surface area contributed by atoms with Crippen LogP contribution in [-0.4, -0.2) is 17.4 Å². The highest BCUT2D eigenvalue weighted by Crippen LogP contribution is 2.50. The quantitative estimate of drug-likeness (QED) is 0.619. The molecule has 0 aromatic heterocycles. The van der Waals surface area contributed by atoms with Crippen molar-refractivity contribution in [2.24, 2.45) is 0 Å². The van der Waals surface area contributed by atoms with Gasteiger partial charge in [0.15, 0.2) is 0 Å². The molecule has 28 heavy (non-hydrogen) atoms. The van der Waals surface area contributed by atoms with Gasteiger partial charge in [-0.15, -0.1) is 0 Å². The highest BCUT2D eigenvalue weighted by atomic mass is 16.2. The van der Waals surface area contributed by atoms with Crippen molar-refractivity contribution in [1.29, 1.82) is 5.26 Å². The lowest BCUT2D eigenvalue weighted by molar-refractivity contribution is 0.0620. The summed E-state index contributed by atoms with van der Waals surface area (Å²) in [6.07, 6.45) is 2.02. The Morgan fingerprint density at radius 1 is 0.929 bits per heavy atom. The molecule has 1 fully saturated rings. The molecule has 2 bridgehead atoms. The highest BCUT2D eigenvalue weighted by Gasteiger charge is 2.41. The Balaban J connectivity index is 1.49. The van der Waals surface area contributed by atoms with Crippen LogP contribution in [0.2, 0.25) is 0 Å². The number of hydrogen-bond donors (Lipinski definition) is 0. The van der Waals surface area contributed by atoms with Gasteiger partial charge in [-0.2, -0.15) is 5.26 Å². The minimum atomic E-state index is 0.0610. The van der Waals surface area contributed by atoms with Gasteiger partial charge in [-0.3, -0.25) is 4.79 Å². The van der Waals surface area contributed by atoms with Crippen LogP contribution in [0.15, 0.2) is 72.8 Å². The second kappa shape index (κ2) is 6.65. The van der Waals surface area contributed by atoms with Gasteiger partial charge >= 0.3 is 0 Å². The summed E-state index contributed by atoms with van der Waals surface area (Å²) < 4.78 is 0. The topological polar surface area (TPSA) is 44.1 Å². The largest absolute Gasteiger partial charge is 0.332 e. The van der Waals surface area contributed by atoms with Crippen LogP contribution in [0.4, 0.5) is 0 Å². The Labute approximate surface area is 164 Å². The molecule has 2 atom stereocenters. The molecule has 3 nitrogen and oxygen atoms in total. The highest BCUT2D eigenvalue weighted by molar-refractivity contribution is 5.95. The third-order valence-electron chi connectivity index (χ3n) is 6.12. The van der Waals surface area contributed by atoms with Gasteiger partial charge in [-0.25, -0.2) is 0 Å². The standard InChI is InChI=1S/C25H20N2O/c26-16-17-6-8-19(9-7-17)25(28)27-13-12-21-15-24(27)23-14-20(10-11-22(21)23)18-4-2-1-3-5-18/h1-11,14,21,24H,12-13,15H2/t21?,24-/m1/s1. The van der Waals surface area contributed by atoms with E-state index in [4.69, 9.17) is 5.26 Å². The summed E-state index contributed by atoms with van der Waals surface area (Å²) in [5, 5.41) is 8.99. The van der Waals surface area contributed by atoms with Crippen molar-refractivity contribution in [2.75, 3.05) is 6.54 Å². The molecule has 3 heteroatoms. The van der Waals surface area contributed by atoms with Crippen molar-refractivity contribution >= 4 is 5.91 Å². The number of nitriles is 1. The van der Waals surface area contributed by atoms with E-state index in [0.29, 0.717) is 17.0 Å². The number of nitrogens with zero attached hydrogens (tertiary/aromatic N) is 2. The summed E-state index contributed by atoms with van der Waals surface area (Å²) in [5.41, 5.74) is 6.35. The zero-order chi connectivity index (χ0) is 19.1. The maximum absolute atomic E-state index is 13.2. The van der Waals surface area contributed by atoms with Crippen molar-refractivity contribution in [1.82, 2.24) is 4.90 Å². The van der Waals surface area contributed by atoms with Gasteiger partial charge in [0.1, 0.15) is 0 Å². The average molecular weight is 364 g/mol. The first-order valence-corrected chi connectivity index (χ1v) is 9.75. The Morgan fingerprint density at radius 3 is 2.46 bits per heavy atom. The molecule has 1 amide bonds. The van der Waals surface area contributed by atoms with E-state index >= 15 is 0 Å². The van der Waals surface area contributed by atoms with Crippen LogP contribution in [0.3, 0.4) is 0 Å². The van der Waals surface area contributed by atoms with Crippen LogP contribution >= 0.6 is 0 Å². The molecular weight excluding hydrogens is 344 g/mol. The summed E-state index contributed by atoms with van der Waals surface area (Å²) in [5.74, 6) is 0.612. The second-order valence-electron chi connectivity index (χ2n) is 7.63. The third kappa shape index (κ3) is 2.70. The third-order valence-corrected chi connectivity index (χ3v) is 6.12. The number of benzene rings is 3. The van der Waals surface area contributed by atoms with E-state index < -0.39 is 0 Å². The fraction of sp³-hybridized carbons (Fsp3) is 0.200. The van der Waals surface area contributed by atoms with E-state index in [1.165, 1.54) is 22.3 Å². The molecule has 0 spiro atoms. The molecule has 1 aliphatic carbocycles. The van der Waals surface area contributed by atoms with Gasteiger partial charge in [0.2, 0.25) is 0 Å². The number of rotatable bonds is 2. The minimum absolute atomic E-state index is 0.0610. The second-order valence-corrected chi connectivity index (χ2v) is 7.63. The number of hydrogen-bond acceptors (Lipinski definition) is 2. The fourth-order valence-electron chi connectivity index (χ4n) is 4.68. The molecule has 0 saturated carbocycles. The van der Waals surface area contributed by atoms with E-state index in [1.54, 1.807) is 24.3 Å². The average Bonchev–Trinajstić information content (AvgIpc) is 3.05. The molecule has 1 heterocycles. The lowest BCUT2D eigenvalue weighted by Crippen LogP contribution is -2.37. The summed E-state index contributed by atoms with van der Waals surface area (Å²) in [6, 6.07) is 26.4. The molecule has 1 saturated heterocycles. The summed E-state index contributed by atoms with van der Waals surface area (Å²) in [7, 11) is 0. The van der Waals surface area contributed by atoms with Crippen LogP contribution < -0.4 is 0 Å². The van der Waals surface area contributed by atoms with Crippen LogP contribution in [0.1, 0.15) is 51.8 Å². The number of amides is 1. The van der Waals surface area contributed by atoms with Gasteiger partial charge in [0, 0.05) is 12.1 Å². The van der Waals surface area contributed by atoms with E-state index in [9.17, 15) is 4.79 Å². The normalized spacial score (nSPS) is 19.8. The predicted octanol–water partition coefficient (Wildman–Crippen LogP) is 5.30. The zero-order valence-corrected chi connectivity index (χ0v) is 15.5. The van der Waals surface area contributed by atoms with E-state index in [2.05, 4.69) is 48.5 Å². The maximum atomic E-state index is 13.2. The van der Waals surface area contributed by atoms with Crippen LogP contribution in [0, 0.1) is 11.3 Å². The molecule has 2 aliphatic rings. The van der Waals surface area contributed by atoms with E-state index in [0.717, 1.165) is 19.4 Å². The Morgan fingerprint density at radius 2 is 1.71 bits per heavy atom. The smallest absolute Gasteiger partial charge is 0.254 e. The molecular formula is C25H20N2O. The fourth-order valence-corrected chi connectivity index (χ4v) is 4.68. The molecule has 0 N–H and O–H groups in total. The molecule has 1 unspecified atom stereocenters. The first kappa shape index (κ1) is 16.8. The number of piperidine rings is 1. The first-order valence-electron chi connectivity index (χ1n) is 9.75. The Kier molecular flexibility index (Phi) is 3.98. The zero-order valence-electron chi connectivity index (χ0n) is 15.5. The molecule has 0 radical (unpaired) electrons. The van der Waals surface area contributed by atoms with Crippen molar-refractivity contribution in [3.63, 3.8) is 0 Å². The van der Waals surface area contributed by atoms with Gasteiger partial charge in [0.05, 0.1) is 17.7 Å². The van der Waals surface area contributed by atoms with Crippen LogP contribution in [0.25, 0.3) is 11.1 Å². The summed E-state index contributed by atoms with van der Waals surface area (Å²) in [4.78, 5) is 15.2. The molecule has 1 aliphatic heterocycles. The Bertz CT molecular complexity index is 1080. The van der Waals surface area contributed by atoms with Gasteiger partial charge in [-0.1, -0.05) is 42.5 Å². The molecule has 3 aromatic rings. The maximum Gasteiger partial charge on any atom is 0.254 e. The summed E-state index contributed by atoms with van der Waals surface area (Å²) in [6.45, 7) is 0.781. The van der Waals surface area contributed by atoms with Crippen LogP contribution in [0.5, 0.6) is 0 Å². The van der Waals surface area contributed by atoms with Crippen molar-refractivity contribution in [3.8, 4) is 17.2 Å². The number of likely N-dealkylation sites (tertiary alicyclic amines) is 1.